The Morgan fingerprint density at radius 2 is 1.19 bits per heavy atom. The lowest BCUT2D eigenvalue weighted by Gasteiger charge is -2.11. The molecule has 10 nitrogen and oxygen atoms in total. The minimum absolute atomic E-state index is 0.202. The lowest BCUT2D eigenvalue weighted by Crippen LogP contribution is -2.30. The molecule has 5 N–H and O–H groups in total. The van der Waals surface area contributed by atoms with Crippen molar-refractivity contribution < 1.29 is 38.4 Å². The van der Waals surface area contributed by atoms with Crippen LogP contribution in [0.3, 0.4) is 0 Å². The predicted molar refractivity (Wildman–Crippen MR) is 138 cm³/mol. The second kappa shape index (κ2) is 13.6. The molecule has 0 bridgehead atoms. The lowest BCUT2D eigenvalue weighted by atomic mass is 10.1. The van der Waals surface area contributed by atoms with E-state index in [0.29, 0.717) is 22.6 Å². The van der Waals surface area contributed by atoms with Crippen molar-refractivity contribution in [2.45, 2.75) is 25.9 Å². The highest BCUT2D eigenvalue weighted by Crippen LogP contribution is 2.30. The zero-order chi connectivity index (χ0) is 27.5. The van der Waals surface area contributed by atoms with Crippen LogP contribution in [0, 0.1) is 0 Å². The highest BCUT2D eigenvalue weighted by molar-refractivity contribution is 6.02. The van der Waals surface area contributed by atoms with Gasteiger partial charge in [0.25, 0.3) is 0 Å². The summed E-state index contributed by atoms with van der Waals surface area (Å²) in [6.45, 7) is 3.01. The van der Waals surface area contributed by atoms with Crippen LogP contribution in [0.4, 0.5) is 0 Å². The Kier molecular flexibility index (Phi) is 10.6. The minimum Gasteiger partial charge on any atom is -0.508 e. The van der Waals surface area contributed by atoms with E-state index in [1.807, 2.05) is 0 Å². The van der Waals surface area contributed by atoms with Crippen LogP contribution >= 0.6 is 0 Å². The zero-order valence-electron chi connectivity index (χ0n) is 21.0. The quantitative estimate of drug-likeness (QED) is 0.135. The highest BCUT2D eigenvalue weighted by Gasteiger charge is 2.15. The maximum atomic E-state index is 12.2. The fourth-order valence-corrected chi connectivity index (χ4v) is 2.75. The van der Waals surface area contributed by atoms with E-state index in [2.05, 4.69) is 0 Å². The zero-order valence-corrected chi connectivity index (χ0v) is 21.0. The topological polar surface area (TPSA) is 160 Å². The van der Waals surface area contributed by atoms with E-state index in [-0.39, 0.29) is 17.3 Å². The number of rotatable bonds is 11. The number of ether oxygens (including phenoxy) is 4. The molecular formula is C27H30N2O8. The Labute approximate surface area is 214 Å². The third-order valence-corrected chi connectivity index (χ3v) is 4.72. The number of hydrogen-bond acceptors (Lipinski definition) is 10. The van der Waals surface area contributed by atoms with Crippen molar-refractivity contribution >= 4 is 29.9 Å². The molecule has 0 aliphatic heterocycles. The molecule has 37 heavy (non-hydrogen) atoms. The van der Waals surface area contributed by atoms with Gasteiger partial charge >= 0.3 is 11.9 Å². The van der Waals surface area contributed by atoms with E-state index in [4.69, 9.17) is 30.4 Å². The summed E-state index contributed by atoms with van der Waals surface area (Å²) < 4.78 is 20.8. The molecule has 0 aromatic heterocycles. The smallest absolute Gasteiger partial charge is 0.328 e. The van der Waals surface area contributed by atoms with Crippen molar-refractivity contribution in [2.75, 3.05) is 14.2 Å². The summed E-state index contributed by atoms with van der Waals surface area (Å²) in [7, 11) is 2.84. The van der Waals surface area contributed by atoms with Gasteiger partial charge in [-0.1, -0.05) is 24.3 Å². The van der Waals surface area contributed by atoms with Gasteiger partial charge in [0.05, 0.1) is 14.2 Å². The van der Waals surface area contributed by atoms with Gasteiger partial charge in [0.15, 0.2) is 28.8 Å². The standard InChI is InChI=1S/C27H30N2O8/c1-16(28)26(32)36-22-11-7-18(13-24(22)34-3)5-9-20(30)15-21(31)10-6-19-8-12-23(25(14-19)35-4)37-27(33)17(2)29/h5-17,30H,28-29H2,1-4H3/b9-5+,10-6+,20-15-/t16-,17-/m1/s1. The van der Waals surface area contributed by atoms with Crippen LogP contribution in [-0.2, 0) is 14.4 Å². The van der Waals surface area contributed by atoms with Gasteiger partial charge in [0.1, 0.15) is 17.8 Å². The van der Waals surface area contributed by atoms with Crippen LogP contribution in [0.1, 0.15) is 25.0 Å². The molecule has 10 heteroatoms. The molecule has 0 radical (unpaired) electrons. The fourth-order valence-electron chi connectivity index (χ4n) is 2.75. The van der Waals surface area contributed by atoms with Gasteiger partial charge in [-0.25, -0.2) is 9.59 Å². The minimum atomic E-state index is -0.790. The van der Waals surface area contributed by atoms with Gasteiger partial charge in [0.2, 0.25) is 0 Å². The van der Waals surface area contributed by atoms with Crippen molar-refractivity contribution in [1.82, 2.24) is 0 Å². The summed E-state index contributed by atoms with van der Waals surface area (Å²) in [6, 6.07) is 7.92. The first kappa shape index (κ1) is 28.8. The Bertz CT molecular complexity index is 1230. The number of allylic oxidation sites excluding steroid dienone is 3. The first-order valence-corrected chi connectivity index (χ1v) is 11.2. The fraction of sp³-hybridized carbons (Fsp3) is 0.222. The van der Waals surface area contributed by atoms with E-state index in [1.165, 1.54) is 58.4 Å². The van der Waals surface area contributed by atoms with Gasteiger partial charge in [-0.05, 0) is 61.4 Å². The number of aliphatic hydroxyl groups is 1. The van der Waals surface area contributed by atoms with Crippen LogP contribution in [0.2, 0.25) is 0 Å². The van der Waals surface area contributed by atoms with Crippen LogP contribution in [0.5, 0.6) is 23.0 Å². The van der Waals surface area contributed by atoms with Crippen molar-refractivity contribution in [1.29, 1.82) is 0 Å². The largest absolute Gasteiger partial charge is 0.508 e. The molecule has 0 aliphatic rings. The summed E-state index contributed by atoms with van der Waals surface area (Å²) >= 11 is 0. The van der Waals surface area contributed by atoms with E-state index in [9.17, 15) is 19.5 Å². The molecule has 0 heterocycles. The summed E-state index contributed by atoms with van der Waals surface area (Å²) in [6.07, 6.45) is 6.70. The molecule has 0 saturated heterocycles. The van der Waals surface area contributed by atoms with Crippen molar-refractivity contribution in [3.05, 3.63) is 71.5 Å². The number of ketones is 1. The van der Waals surface area contributed by atoms with Crippen molar-refractivity contribution in [3.63, 3.8) is 0 Å². The molecule has 2 atom stereocenters. The molecule has 0 fully saturated rings. The second-order valence-electron chi connectivity index (χ2n) is 7.88. The highest BCUT2D eigenvalue weighted by atomic mass is 16.6. The normalized spacial score (nSPS) is 13.3. The number of nitrogens with two attached hydrogens (primary N) is 2. The number of hydrogen-bond donors (Lipinski definition) is 3. The third-order valence-electron chi connectivity index (χ3n) is 4.72. The van der Waals surface area contributed by atoms with Crippen LogP contribution in [-0.4, -0.2) is 49.1 Å². The molecule has 0 unspecified atom stereocenters. The van der Waals surface area contributed by atoms with Gasteiger partial charge in [-0.15, -0.1) is 0 Å². The Balaban J connectivity index is 2.08. The summed E-state index contributed by atoms with van der Waals surface area (Å²) in [5, 5.41) is 10.1. The maximum Gasteiger partial charge on any atom is 0.328 e. The second-order valence-corrected chi connectivity index (χ2v) is 7.88. The molecule has 196 valence electrons. The summed E-state index contributed by atoms with van der Waals surface area (Å²) in [5.74, 6) is -0.962. The molecule has 0 amide bonds. The van der Waals surface area contributed by atoms with E-state index in [1.54, 1.807) is 30.3 Å². The summed E-state index contributed by atoms with van der Waals surface area (Å²) in [5.41, 5.74) is 12.2. The van der Waals surface area contributed by atoms with Gasteiger partial charge in [0, 0.05) is 6.08 Å². The molecular weight excluding hydrogens is 480 g/mol. The van der Waals surface area contributed by atoms with Crippen LogP contribution < -0.4 is 30.4 Å². The monoisotopic (exact) mass is 510 g/mol. The first-order valence-electron chi connectivity index (χ1n) is 11.2. The molecule has 0 spiro atoms. The number of methoxy groups -OCH3 is 2. The Morgan fingerprint density at radius 1 is 0.757 bits per heavy atom. The Hall–Kier alpha value is -4.41. The van der Waals surface area contributed by atoms with E-state index < -0.39 is 29.8 Å². The molecule has 0 aliphatic carbocycles. The SMILES string of the molecule is COc1cc(/C=C/C(=O)/C=C(O)/C=C/c2ccc(OC(=O)[C@@H](C)N)c(OC)c2)ccc1OC(=O)[C@@H](C)N. The number of carbonyl (C=O) groups excluding carboxylic acids is 3. The average molecular weight is 511 g/mol. The third kappa shape index (κ3) is 8.95. The van der Waals surface area contributed by atoms with E-state index in [0.717, 1.165) is 6.08 Å². The van der Waals surface area contributed by atoms with Gasteiger partial charge < -0.3 is 35.5 Å². The first-order chi connectivity index (χ1) is 17.5. The number of esters is 2. The van der Waals surface area contributed by atoms with Gasteiger partial charge in [-0.2, -0.15) is 0 Å². The molecule has 2 rings (SSSR count). The average Bonchev–Trinajstić information content (AvgIpc) is 2.87. The molecule has 2 aromatic rings. The van der Waals surface area contributed by atoms with Crippen LogP contribution in [0.15, 0.2) is 60.4 Å². The Morgan fingerprint density at radius 3 is 1.59 bits per heavy atom. The van der Waals surface area contributed by atoms with Gasteiger partial charge in [-0.3, -0.25) is 4.79 Å². The van der Waals surface area contributed by atoms with Crippen LogP contribution in [0.25, 0.3) is 12.2 Å². The number of carbonyl (C=O) groups is 3. The predicted octanol–water partition coefficient (Wildman–Crippen LogP) is 2.95. The summed E-state index contributed by atoms with van der Waals surface area (Å²) in [4.78, 5) is 35.7. The molecule has 0 saturated carbocycles. The molecule has 2 aromatic carbocycles. The maximum absolute atomic E-state index is 12.2. The van der Waals surface area contributed by atoms with Crippen molar-refractivity contribution in [2.24, 2.45) is 11.5 Å². The lowest BCUT2D eigenvalue weighted by molar-refractivity contribution is -0.136. The van der Waals surface area contributed by atoms with Crippen molar-refractivity contribution in [3.8, 4) is 23.0 Å². The van der Waals surface area contributed by atoms with E-state index >= 15 is 0 Å². The number of aliphatic hydroxyl groups excluding tert-OH is 1. The number of benzene rings is 2.